The fourth-order valence-corrected chi connectivity index (χ4v) is 1.56. The zero-order valence-electron chi connectivity index (χ0n) is 9.40. The molecule has 0 radical (unpaired) electrons. The van der Waals surface area contributed by atoms with Crippen LogP contribution in [0.5, 0.6) is 5.75 Å². The summed E-state index contributed by atoms with van der Waals surface area (Å²) < 4.78 is 18.3. The smallest absolute Gasteiger partial charge is 0.265 e. The van der Waals surface area contributed by atoms with Gasteiger partial charge in [0, 0.05) is 11.6 Å². The zero-order chi connectivity index (χ0) is 13.1. The zero-order valence-corrected chi connectivity index (χ0v) is 9.40. The van der Waals surface area contributed by atoms with Crippen molar-refractivity contribution in [2.45, 2.75) is 0 Å². The van der Waals surface area contributed by atoms with E-state index in [1.54, 1.807) is 0 Å². The molecule has 0 fully saturated rings. The maximum absolute atomic E-state index is 13.2. The topological polar surface area (TPSA) is 78.8 Å². The highest BCUT2D eigenvalue weighted by Crippen LogP contribution is 2.30. The summed E-state index contributed by atoms with van der Waals surface area (Å²) >= 11 is 0. The highest BCUT2D eigenvalue weighted by Gasteiger charge is 2.13. The summed E-state index contributed by atoms with van der Waals surface area (Å²) in [5.74, 6) is -0.116. The van der Waals surface area contributed by atoms with Crippen LogP contribution in [-0.4, -0.2) is 17.3 Å². The predicted molar refractivity (Wildman–Crippen MR) is 61.5 cm³/mol. The number of aromatic nitrogens is 2. The van der Waals surface area contributed by atoms with Gasteiger partial charge in [-0.2, -0.15) is 10.4 Å². The lowest BCUT2D eigenvalue weighted by atomic mass is 10.1. The summed E-state index contributed by atoms with van der Waals surface area (Å²) in [6.45, 7) is 0. The molecule has 0 amide bonds. The van der Waals surface area contributed by atoms with Crippen LogP contribution in [0.2, 0.25) is 0 Å². The average molecular weight is 245 g/mol. The van der Waals surface area contributed by atoms with Gasteiger partial charge in [-0.3, -0.25) is 4.79 Å². The molecule has 1 N–H and O–H groups in total. The van der Waals surface area contributed by atoms with Gasteiger partial charge in [0.15, 0.2) is 0 Å². The second kappa shape index (κ2) is 4.67. The van der Waals surface area contributed by atoms with Crippen molar-refractivity contribution < 1.29 is 9.13 Å². The second-order valence-electron chi connectivity index (χ2n) is 3.45. The Morgan fingerprint density at radius 2 is 2.22 bits per heavy atom. The second-order valence-corrected chi connectivity index (χ2v) is 3.45. The van der Waals surface area contributed by atoms with Crippen LogP contribution in [0.1, 0.15) is 5.56 Å². The number of H-pyrrole nitrogens is 1. The van der Waals surface area contributed by atoms with Crippen molar-refractivity contribution in [3.05, 3.63) is 46.0 Å². The number of rotatable bonds is 2. The first-order valence-corrected chi connectivity index (χ1v) is 4.99. The van der Waals surface area contributed by atoms with Crippen molar-refractivity contribution in [2.75, 3.05) is 7.11 Å². The maximum atomic E-state index is 13.2. The van der Waals surface area contributed by atoms with Gasteiger partial charge in [-0.15, -0.1) is 0 Å². The Labute approximate surface area is 101 Å². The number of hydrogen-bond donors (Lipinski definition) is 1. The quantitative estimate of drug-likeness (QED) is 0.868. The molecule has 0 atom stereocenters. The largest absolute Gasteiger partial charge is 0.496 e. The Morgan fingerprint density at radius 1 is 1.44 bits per heavy atom. The van der Waals surface area contributed by atoms with E-state index in [2.05, 4.69) is 10.2 Å². The van der Waals surface area contributed by atoms with Crippen molar-refractivity contribution in [2.24, 2.45) is 0 Å². The summed E-state index contributed by atoms with van der Waals surface area (Å²) in [7, 11) is 1.43. The van der Waals surface area contributed by atoms with Gasteiger partial charge < -0.3 is 4.74 Å². The Hall–Kier alpha value is -2.68. The Kier molecular flexibility index (Phi) is 3.06. The number of nitrogens with one attached hydrogen (secondary N) is 1. The number of nitrogens with zero attached hydrogens (tertiary/aromatic N) is 2. The van der Waals surface area contributed by atoms with Crippen LogP contribution in [0, 0.1) is 17.1 Å². The van der Waals surface area contributed by atoms with Crippen molar-refractivity contribution in [3.8, 4) is 23.1 Å². The van der Waals surface area contributed by atoms with Crippen LogP contribution in [0.4, 0.5) is 4.39 Å². The number of ether oxygens (including phenoxy) is 1. The van der Waals surface area contributed by atoms with E-state index in [1.165, 1.54) is 25.3 Å². The molecule has 2 aromatic rings. The highest BCUT2D eigenvalue weighted by atomic mass is 19.1. The lowest BCUT2D eigenvalue weighted by molar-refractivity contribution is 0.415. The van der Waals surface area contributed by atoms with Crippen LogP contribution in [0.15, 0.2) is 29.1 Å². The molecule has 0 spiro atoms. The summed E-state index contributed by atoms with van der Waals surface area (Å²) in [6, 6.07) is 6.81. The van der Waals surface area contributed by atoms with Gasteiger partial charge >= 0.3 is 0 Å². The molecule has 0 aliphatic rings. The van der Waals surface area contributed by atoms with E-state index in [0.717, 1.165) is 6.07 Å². The molecule has 1 aromatic heterocycles. The fourth-order valence-electron chi connectivity index (χ4n) is 1.56. The monoisotopic (exact) mass is 245 g/mol. The Balaban J connectivity index is 2.73. The molecule has 1 aromatic carbocycles. The summed E-state index contributed by atoms with van der Waals surface area (Å²) in [4.78, 5) is 11.1. The predicted octanol–water partition coefficient (Wildman–Crippen LogP) is 1.46. The van der Waals surface area contributed by atoms with Crippen LogP contribution < -0.4 is 10.3 Å². The van der Waals surface area contributed by atoms with Crippen molar-refractivity contribution in [3.63, 3.8) is 0 Å². The third-order valence-corrected chi connectivity index (χ3v) is 2.35. The molecule has 5 nitrogen and oxygen atoms in total. The third-order valence-electron chi connectivity index (χ3n) is 2.35. The fraction of sp³-hybridized carbons (Fsp3) is 0.0833. The van der Waals surface area contributed by atoms with Gasteiger partial charge in [0.1, 0.15) is 23.3 Å². The maximum Gasteiger partial charge on any atom is 0.265 e. The molecule has 1 heterocycles. The van der Waals surface area contributed by atoms with Crippen LogP contribution in [-0.2, 0) is 0 Å². The molecule has 0 aliphatic heterocycles. The number of methoxy groups -OCH3 is 1. The summed E-state index contributed by atoms with van der Waals surface area (Å²) in [6.07, 6.45) is 0. The molecule has 0 unspecified atom stereocenters. The van der Waals surface area contributed by atoms with E-state index >= 15 is 0 Å². The van der Waals surface area contributed by atoms with Crippen molar-refractivity contribution in [1.82, 2.24) is 10.2 Å². The van der Waals surface area contributed by atoms with Crippen molar-refractivity contribution in [1.29, 1.82) is 5.26 Å². The molecule has 0 bridgehead atoms. The molecule has 0 aliphatic carbocycles. The van der Waals surface area contributed by atoms with E-state index < -0.39 is 11.4 Å². The van der Waals surface area contributed by atoms with Gasteiger partial charge in [-0.1, -0.05) is 0 Å². The molecular weight excluding hydrogens is 237 g/mol. The van der Waals surface area contributed by atoms with E-state index in [-0.39, 0.29) is 11.3 Å². The Morgan fingerprint density at radius 3 is 2.89 bits per heavy atom. The van der Waals surface area contributed by atoms with E-state index in [0.29, 0.717) is 11.3 Å². The van der Waals surface area contributed by atoms with Crippen molar-refractivity contribution >= 4 is 0 Å². The van der Waals surface area contributed by atoms with E-state index in [4.69, 9.17) is 10.00 Å². The van der Waals surface area contributed by atoms with Gasteiger partial charge in [0.05, 0.1) is 12.7 Å². The third kappa shape index (κ3) is 2.06. The van der Waals surface area contributed by atoms with E-state index in [1.807, 2.05) is 6.07 Å². The molecule has 0 saturated heterocycles. The molecular formula is C12H8FN3O2. The number of aromatic amines is 1. The summed E-state index contributed by atoms with van der Waals surface area (Å²) in [5, 5.41) is 14.9. The number of nitriles is 1. The number of hydrogen-bond acceptors (Lipinski definition) is 4. The van der Waals surface area contributed by atoms with Gasteiger partial charge in [-0.25, -0.2) is 9.49 Å². The van der Waals surface area contributed by atoms with E-state index in [9.17, 15) is 9.18 Å². The molecule has 18 heavy (non-hydrogen) atoms. The number of halogens is 1. The lowest BCUT2D eigenvalue weighted by Crippen LogP contribution is -2.09. The minimum atomic E-state index is -0.495. The first kappa shape index (κ1) is 11.8. The molecule has 90 valence electrons. The Bertz CT molecular complexity index is 688. The lowest BCUT2D eigenvalue weighted by Gasteiger charge is -2.08. The van der Waals surface area contributed by atoms with Gasteiger partial charge in [0.2, 0.25) is 0 Å². The highest BCUT2D eigenvalue weighted by molar-refractivity contribution is 5.71. The van der Waals surface area contributed by atoms with Gasteiger partial charge in [-0.05, 0) is 18.2 Å². The average Bonchev–Trinajstić information content (AvgIpc) is 2.38. The first-order chi connectivity index (χ1) is 8.65. The van der Waals surface area contributed by atoms with Gasteiger partial charge in [0.25, 0.3) is 5.56 Å². The molecule has 6 heteroatoms. The standard InChI is InChI=1S/C12H8FN3O2/c1-18-10-3-2-8(13)5-9(10)12-7(6-14)4-11(17)15-16-12/h2-5H,1H3,(H,15,17). The first-order valence-electron chi connectivity index (χ1n) is 4.99. The molecule has 0 saturated carbocycles. The SMILES string of the molecule is COc1ccc(F)cc1-c1n[nH]c(=O)cc1C#N. The summed E-state index contributed by atoms with van der Waals surface area (Å²) in [5.41, 5.74) is 0.0482. The minimum absolute atomic E-state index is 0.0580. The van der Waals surface area contributed by atoms with Crippen LogP contribution in [0.3, 0.4) is 0 Å². The minimum Gasteiger partial charge on any atom is -0.496 e. The van der Waals surface area contributed by atoms with Crippen LogP contribution in [0.25, 0.3) is 11.3 Å². The normalized spacial score (nSPS) is 9.83. The molecule has 2 rings (SSSR count). The van der Waals surface area contributed by atoms with Crippen LogP contribution >= 0.6 is 0 Å². The number of benzene rings is 1.